The zero-order chi connectivity index (χ0) is 21.4. The number of aryl methyl sites for hydroxylation is 2. The highest BCUT2D eigenvalue weighted by molar-refractivity contribution is 5.94. The largest absolute Gasteiger partial charge is 0.368 e. The van der Waals surface area contributed by atoms with E-state index in [9.17, 15) is 4.79 Å². The molecule has 6 heteroatoms. The monoisotopic (exact) mass is 416 g/mol. The molecule has 3 aromatic rings. The fourth-order valence-electron chi connectivity index (χ4n) is 4.22. The maximum atomic E-state index is 12.9. The molecule has 1 saturated carbocycles. The summed E-state index contributed by atoms with van der Waals surface area (Å²) in [6.45, 7) is 7.22. The Labute approximate surface area is 182 Å². The van der Waals surface area contributed by atoms with E-state index in [0.29, 0.717) is 11.7 Å². The van der Waals surface area contributed by atoms with Crippen molar-refractivity contribution in [3.8, 4) is 11.4 Å². The molecule has 1 amide bonds. The number of carbonyl (C=O) groups excluding carboxylic acids is 1. The third-order valence-electron chi connectivity index (χ3n) is 6.71. The summed E-state index contributed by atoms with van der Waals surface area (Å²) in [5.74, 6) is 2.01. The number of aromatic nitrogens is 2. The average molecular weight is 417 g/mol. The third kappa shape index (κ3) is 3.94. The number of benzene rings is 2. The Balaban J connectivity index is 1.21. The summed E-state index contributed by atoms with van der Waals surface area (Å²) in [5, 5.41) is 4.16. The van der Waals surface area contributed by atoms with E-state index in [1.165, 1.54) is 12.0 Å². The third-order valence-corrected chi connectivity index (χ3v) is 6.71. The molecule has 2 heterocycles. The van der Waals surface area contributed by atoms with Gasteiger partial charge >= 0.3 is 0 Å². The maximum Gasteiger partial charge on any atom is 0.253 e. The van der Waals surface area contributed by atoms with Gasteiger partial charge in [-0.05, 0) is 74.2 Å². The summed E-state index contributed by atoms with van der Waals surface area (Å²) in [6, 6.07) is 14.3. The normalized spacial score (nSPS) is 17.0. The fraction of sp³-hybridized carbons (Fsp3) is 0.400. The van der Waals surface area contributed by atoms with E-state index in [0.717, 1.165) is 67.3 Å². The lowest BCUT2D eigenvalue weighted by atomic mass is 9.85. The Morgan fingerprint density at radius 3 is 2.35 bits per heavy atom. The van der Waals surface area contributed by atoms with Crippen LogP contribution >= 0.6 is 0 Å². The predicted octanol–water partition coefficient (Wildman–Crippen LogP) is 4.58. The zero-order valence-electron chi connectivity index (χ0n) is 18.2. The number of hydrogen-bond acceptors (Lipinski definition) is 5. The summed E-state index contributed by atoms with van der Waals surface area (Å²) in [6.07, 6.45) is 3.55. The fourth-order valence-corrected chi connectivity index (χ4v) is 4.22. The highest BCUT2D eigenvalue weighted by atomic mass is 16.5. The Morgan fingerprint density at radius 1 is 0.968 bits per heavy atom. The van der Waals surface area contributed by atoms with Crippen LogP contribution in [0.1, 0.15) is 52.6 Å². The van der Waals surface area contributed by atoms with Crippen molar-refractivity contribution in [1.29, 1.82) is 0 Å². The van der Waals surface area contributed by atoms with Crippen LogP contribution in [0, 0.1) is 13.8 Å². The van der Waals surface area contributed by atoms with Gasteiger partial charge in [0, 0.05) is 48.9 Å². The second kappa shape index (κ2) is 8.17. The van der Waals surface area contributed by atoms with Gasteiger partial charge in [0.1, 0.15) is 0 Å². The van der Waals surface area contributed by atoms with Crippen LogP contribution in [0.3, 0.4) is 0 Å². The van der Waals surface area contributed by atoms with Crippen LogP contribution in [0.5, 0.6) is 0 Å². The van der Waals surface area contributed by atoms with Crippen molar-refractivity contribution in [2.45, 2.75) is 39.0 Å². The van der Waals surface area contributed by atoms with Gasteiger partial charge in [-0.15, -0.1) is 0 Å². The number of amides is 1. The zero-order valence-corrected chi connectivity index (χ0v) is 18.2. The molecule has 0 bridgehead atoms. The van der Waals surface area contributed by atoms with Gasteiger partial charge < -0.3 is 14.3 Å². The van der Waals surface area contributed by atoms with Gasteiger partial charge in [0.15, 0.2) is 0 Å². The minimum Gasteiger partial charge on any atom is -0.368 e. The van der Waals surface area contributed by atoms with Crippen LogP contribution in [0.15, 0.2) is 47.0 Å². The molecule has 0 N–H and O–H groups in total. The second-order valence-electron chi connectivity index (χ2n) is 8.71. The van der Waals surface area contributed by atoms with Gasteiger partial charge in [-0.1, -0.05) is 17.6 Å². The summed E-state index contributed by atoms with van der Waals surface area (Å²) < 4.78 is 5.45. The van der Waals surface area contributed by atoms with E-state index in [1.54, 1.807) is 0 Å². The minimum absolute atomic E-state index is 0.123. The second-order valence-corrected chi connectivity index (χ2v) is 8.71. The van der Waals surface area contributed by atoms with E-state index in [1.807, 2.05) is 23.1 Å². The molecule has 2 aliphatic rings. The number of nitrogens with zero attached hydrogens (tertiary/aromatic N) is 4. The molecule has 0 spiro atoms. The molecule has 5 rings (SSSR count). The Bertz CT molecular complexity index is 1080. The molecule has 0 unspecified atom stereocenters. The highest BCUT2D eigenvalue weighted by Crippen LogP contribution is 2.36. The van der Waals surface area contributed by atoms with Gasteiger partial charge in [0.2, 0.25) is 11.7 Å². The lowest BCUT2D eigenvalue weighted by molar-refractivity contribution is 0.0746. The van der Waals surface area contributed by atoms with Crippen LogP contribution in [0.25, 0.3) is 11.4 Å². The standard InChI is InChI=1S/C25H28N4O2/c1-17-6-7-21(16-18(17)2)25(30)29-14-12-28(13-15-29)22-10-8-19(9-11-22)23-26-24(31-27-23)20-4-3-5-20/h6-11,16,20H,3-5,12-15H2,1-2H3. The van der Waals surface area contributed by atoms with Gasteiger partial charge in [0.25, 0.3) is 5.91 Å². The van der Waals surface area contributed by atoms with Crippen molar-refractivity contribution in [2.24, 2.45) is 0 Å². The highest BCUT2D eigenvalue weighted by Gasteiger charge is 2.26. The molecule has 1 aromatic heterocycles. The number of carbonyl (C=O) groups is 1. The summed E-state index contributed by atoms with van der Waals surface area (Å²) in [7, 11) is 0. The maximum absolute atomic E-state index is 12.9. The number of anilines is 1. The SMILES string of the molecule is Cc1ccc(C(=O)N2CCN(c3ccc(-c4noc(C5CCC5)n4)cc3)CC2)cc1C. The topological polar surface area (TPSA) is 62.5 Å². The molecular weight excluding hydrogens is 388 g/mol. The van der Waals surface area contributed by atoms with E-state index in [4.69, 9.17) is 4.52 Å². The van der Waals surface area contributed by atoms with E-state index >= 15 is 0 Å². The predicted molar refractivity (Wildman–Crippen MR) is 120 cm³/mol. The Morgan fingerprint density at radius 2 is 1.71 bits per heavy atom. The lowest BCUT2D eigenvalue weighted by Gasteiger charge is -2.36. The molecule has 1 aliphatic carbocycles. The first-order chi connectivity index (χ1) is 15.1. The molecule has 31 heavy (non-hydrogen) atoms. The van der Waals surface area contributed by atoms with Crippen molar-refractivity contribution < 1.29 is 9.32 Å². The summed E-state index contributed by atoms with van der Waals surface area (Å²) in [4.78, 5) is 21.7. The van der Waals surface area contributed by atoms with Crippen LogP contribution in [0.2, 0.25) is 0 Å². The van der Waals surface area contributed by atoms with E-state index in [-0.39, 0.29) is 5.91 Å². The van der Waals surface area contributed by atoms with Crippen LogP contribution < -0.4 is 4.90 Å². The molecular formula is C25H28N4O2. The van der Waals surface area contributed by atoms with Gasteiger partial charge in [-0.3, -0.25) is 4.79 Å². The molecule has 1 aliphatic heterocycles. The average Bonchev–Trinajstić information content (AvgIpc) is 3.23. The Kier molecular flexibility index (Phi) is 5.22. The quantitative estimate of drug-likeness (QED) is 0.623. The molecule has 1 saturated heterocycles. The van der Waals surface area contributed by atoms with Gasteiger partial charge in [-0.25, -0.2) is 0 Å². The minimum atomic E-state index is 0.123. The first kappa shape index (κ1) is 19.8. The van der Waals surface area contributed by atoms with Crippen LogP contribution in [0.4, 0.5) is 5.69 Å². The molecule has 160 valence electrons. The van der Waals surface area contributed by atoms with Crippen molar-refractivity contribution in [1.82, 2.24) is 15.0 Å². The molecule has 0 atom stereocenters. The number of hydrogen-bond donors (Lipinski definition) is 0. The van der Waals surface area contributed by atoms with Crippen LogP contribution in [-0.2, 0) is 0 Å². The van der Waals surface area contributed by atoms with Crippen molar-refractivity contribution >= 4 is 11.6 Å². The smallest absolute Gasteiger partial charge is 0.253 e. The lowest BCUT2D eigenvalue weighted by Crippen LogP contribution is -2.48. The van der Waals surface area contributed by atoms with Crippen molar-refractivity contribution in [2.75, 3.05) is 31.1 Å². The first-order valence-corrected chi connectivity index (χ1v) is 11.1. The number of piperazine rings is 1. The van der Waals surface area contributed by atoms with Crippen molar-refractivity contribution in [3.63, 3.8) is 0 Å². The summed E-state index contributed by atoms with van der Waals surface area (Å²) in [5.41, 5.74) is 5.28. The molecule has 6 nitrogen and oxygen atoms in total. The molecule has 0 radical (unpaired) electrons. The van der Waals surface area contributed by atoms with Gasteiger partial charge in [-0.2, -0.15) is 4.98 Å². The molecule has 2 aromatic carbocycles. The Hall–Kier alpha value is -3.15. The van der Waals surface area contributed by atoms with Crippen molar-refractivity contribution in [3.05, 3.63) is 65.0 Å². The number of rotatable bonds is 4. The van der Waals surface area contributed by atoms with Crippen LogP contribution in [-0.4, -0.2) is 47.1 Å². The van der Waals surface area contributed by atoms with Gasteiger partial charge in [0.05, 0.1) is 0 Å². The molecule has 2 fully saturated rings. The summed E-state index contributed by atoms with van der Waals surface area (Å²) >= 11 is 0. The van der Waals surface area contributed by atoms with E-state index in [2.05, 4.69) is 53.2 Å². The van der Waals surface area contributed by atoms with E-state index < -0.39 is 0 Å². The first-order valence-electron chi connectivity index (χ1n) is 11.1.